The van der Waals surface area contributed by atoms with Crippen LogP contribution in [-0.4, -0.2) is 55.5 Å². The van der Waals surface area contributed by atoms with E-state index in [9.17, 15) is 14.3 Å². The molecule has 2 aliphatic heterocycles. The van der Waals surface area contributed by atoms with Gasteiger partial charge in [-0.2, -0.15) is 0 Å². The van der Waals surface area contributed by atoms with Crippen LogP contribution in [0.2, 0.25) is 0 Å². The van der Waals surface area contributed by atoms with E-state index in [0.717, 1.165) is 37.3 Å². The molecule has 160 valence electrons. The summed E-state index contributed by atoms with van der Waals surface area (Å²) in [5.41, 5.74) is 0.570. The summed E-state index contributed by atoms with van der Waals surface area (Å²) in [6.45, 7) is 2.76. The van der Waals surface area contributed by atoms with Gasteiger partial charge in [0.2, 0.25) is 0 Å². The van der Waals surface area contributed by atoms with E-state index in [2.05, 4.69) is 4.90 Å². The fraction of sp³-hybridized carbons (Fsp3) is 0.435. The minimum Gasteiger partial charge on any atom is -0.495 e. The van der Waals surface area contributed by atoms with E-state index in [1.807, 2.05) is 24.3 Å². The zero-order chi connectivity index (χ0) is 21.1. The zero-order valence-corrected chi connectivity index (χ0v) is 17.1. The third kappa shape index (κ3) is 4.27. The number of piperidine rings is 1. The van der Waals surface area contributed by atoms with Crippen molar-refractivity contribution >= 4 is 11.8 Å². The molecule has 1 amide bonds. The average molecular weight is 414 g/mol. The lowest BCUT2D eigenvalue weighted by atomic mass is 9.84. The first-order valence-corrected chi connectivity index (χ1v) is 10.3. The summed E-state index contributed by atoms with van der Waals surface area (Å²) in [6.07, 6.45) is 1.38. The Bertz CT molecular complexity index is 881. The second-order valence-corrected chi connectivity index (χ2v) is 7.96. The molecule has 1 N–H and O–H groups in total. The molecule has 0 saturated carbocycles. The summed E-state index contributed by atoms with van der Waals surface area (Å²) in [4.78, 5) is 16.2. The number of methoxy groups -OCH3 is 1. The van der Waals surface area contributed by atoms with Crippen LogP contribution in [0.5, 0.6) is 5.75 Å². The minimum atomic E-state index is -0.912. The normalized spacial score (nSPS) is 21.5. The van der Waals surface area contributed by atoms with Crippen LogP contribution >= 0.6 is 0 Å². The van der Waals surface area contributed by atoms with Crippen molar-refractivity contribution in [2.75, 3.05) is 38.2 Å². The second-order valence-electron chi connectivity index (χ2n) is 7.96. The Hall–Kier alpha value is -2.64. The quantitative estimate of drug-likeness (QED) is 0.784. The number of para-hydroxylation sites is 2. The number of hydrogen-bond donors (Lipinski definition) is 1. The van der Waals surface area contributed by atoms with E-state index >= 15 is 0 Å². The first-order chi connectivity index (χ1) is 14.5. The van der Waals surface area contributed by atoms with Crippen molar-refractivity contribution < 1.29 is 23.8 Å². The number of rotatable bonds is 6. The van der Waals surface area contributed by atoms with Crippen molar-refractivity contribution in [2.45, 2.75) is 31.0 Å². The monoisotopic (exact) mass is 414 g/mol. The topological polar surface area (TPSA) is 62.2 Å². The molecule has 2 heterocycles. The third-order valence-electron chi connectivity index (χ3n) is 6.08. The van der Waals surface area contributed by atoms with Crippen molar-refractivity contribution in [2.24, 2.45) is 0 Å². The highest BCUT2D eigenvalue weighted by molar-refractivity contribution is 5.91. The van der Waals surface area contributed by atoms with E-state index in [1.165, 1.54) is 12.1 Å². The standard InChI is InChI=1S/C23H27FN2O4/c1-29-21-5-3-2-4-20(21)26-16-19(30-22(26)27)10-13-25-14-11-23(28,12-15-25)17-6-8-18(24)9-7-17/h2-9,19,28H,10-16H2,1H3. The van der Waals surface area contributed by atoms with Crippen LogP contribution in [0.25, 0.3) is 0 Å². The minimum absolute atomic E-state index is 0.180. The molecule has 0 bridgehead atoms. The number of aliphatic hydroxyl groups is 1. The van der Waals surface area contributed by atoms with Crippen molar-refractivity contribution in [1.82, 2.24) is 4.90 Å². The number of hydrogen-bond acceptors (Lipinski definition) is 5. The lowest BCUT2D eigenvalue weighted by Gasteiger charge is -2.38. The van der Waals surface area contributed by atoms with E-state index in [0.29, 0.717) is 25.1 Å². The molecule has 2 fully saturated rings. The molecule has 2 aromatic carbocycles. The zero-order valence-electron chi connectivity index (χ0n) is 17.1. The summed E-state index contributed by atoms with van der Waals surface area (Å²) >= 11 is 0. The predicted molar refractivity (Wildman–Crippen MR) is 111 cm³/mol. The van der Waals surface area contributed by atoms with Crippen LogP contribution in [0.4, 0.5) is 14.9 Å². The Morgan fingerprint density at radius 3 is 2.57 bits per heavy atom. The van der Waals surface area contributed by atoms with Gasteiger partial charge in [0.05, 0.1) is 24.9 Å². The number of benzene rings is 2. The Morgan fingerprint density at radius 1 is 1.17 bits per heavy atom. The van der Waals surface area contributed by atoms with Crippen LogP contribution in [0, 0.1) is 5.82 Å². The largest absolute Gasteiger partial charge is 0.495 e. The van der Waals surface area contributed by atoms with Crippen molar-refractivity contribution in [1.29, 1.82) is 0 Å². The molecule has 0 radical (unpaired) electrons. The van der Waals surface area contributed by atoms with Gasteiger partial charge in [-0.3, -0.25) is 4.90 Å². The maximum absolute atomic E-state index is 13.2. The van der Waals surface area contributed by atoms with Gasteiger partial charge in [-0.15, -0.1) is 0 Å². The molecular weight excluding hydrogens is 387 g/mol. The molecule has 1 atom stereocenters. The molecule has 6 nitrogen and oxygen atoms in total. The number of anilines is 1. The number of nitrogens with zero attached hydrogens (tertiary/aromatic N) is 2. The summed E-state index contributed by atoms with van der Waals surface area (Å²) in [5.74, 6) is 0.347. The molecule has 0 aliphatic carbocycles. The molecule has 4 rings (SSSR count). The fourth-order valence-electron chi connectivity index (χ4n) is 4.24. The number of carbonyl (C=O) groups is 1. The molecule has 2 aromatic rings. The molecule has 30 heavy (non-hydrogen) atoms. The average Bonchev–Trinajstić information content (AvgIpc) is 3.14. The predicted octanol–water partition coefficient (Wildman–Crippen LogP) is 3.53. The maximum atomic E-state index is 13.2. The highest BCUT2D eigenvalue weighted by Crippen LogP contribution is 2.34. The maximum Gasteiger partial charge on any atom is 0.414 e. The summed E-state index contributed by atoms with van der Waals surface area (Å²) in [7, 11) is 1.58. The lowest BCUT2D eigenvalue weighted by molar-refractivity contribution is -0.0276. The second kappa shape index (κ2) is 8.62. The van der Waals surface area contributed by atoms with E-state index in [-0.39, 0.29) is 18.0 Å². The smallest absolute Gasteiger partial charge is 0.414 e. The Morgan fingerprint density at radius 2 is 1.87 bits per heavy atom. The van der Waals surface area contributed by atoms with E-state index in [1.54, 1.807) is 24.1 Å². The number of cyclic esters (lactones) is 1. The van der Waals surface area contributed by atoms with Gasteiger partial charge < -0.3 is 19.5 Å². The molecule has 7 heteroatoms. The van der Waals surface area contributed by atoms with Crippen molar-refractivity contribution in [3.8, 4) is 5.75 Å². The Labute approximate surface area is 175 Å². The molecule has 0 spiro atoms. The van der Waals surface area contributed by atoms with Crippen molar-refractivity contribution in [3.63, 3.8) is 0 Å². The van der Waals surface area contributed by atoms with E-state index in [4.69, 9.17) is 9.47 Å². The SMILES string of the molecule is COc1ccccc1N1CC(CCN2CCC(O)(c3ccc(F)cc3)CC2)OC1=O. The molecular formula is C23H27FN2O4. The van der Waals surface area contributed by atoms with Crippen molar-refractivity contribution in [3.05, 3.63) is 59.9 Å². The number of carbonyl (C=O) groups excluding carboxylic acids is 1. The molecule has 1 unspecified atom stereocenters. The first kappa shape index (κ1) is 20.6. The highest BCUT2D eigenvalue weighted by Gasteiger charge is 2.36. The number of halogens is 1. The molecule has 2 aliphatic rings. The summed E-state index contributed by atoms with van der Waals surface area (Å²) < 4.78 is 24.1. The number of amides is 1. The van der Waals surface area contributed by atoms with Crippen LogP contribution in [0.3, 0.4) is 0 Å². The van der Waals surface area contributed by atoms with Gasteiger partial charge in [-0.05, 0) is 49.1 Å². The third-order valence-corrected chi connectivity index (χ3v) is 6.08. The van der Waals surface area contributed by atoms with Gasteiger partial charge in [0.25, 0.3) is 0 Å². The van der Waals surface area contributed by atoms with Gasteiger partial charge in [-0.1, -0.05) is 24.3 Å². The molecule has 2 saturated heterocycles. The highest BCUT2D eigenvalue weighted by atomic mass is 19.1. The summed E-state index contributed by atoms with van der Waals surface area (Å²) in [5, 5.41) is 10.9. The van der Waals surface area contributed by atoms with Gasteiger partial charge in [0, 0.05) is 19.6 Å². The van der Waals surface area contributed by atoms with Gasteiger partial charge >= 0.3 is 6.09 Å². The number of ether oxygens (including phenoxy) is 2. The van der Waals surface area contributed by atoms with Crippen LogP contribution in [-0.2, 0) is 10.3 Å². The van der Waals surface area contributed by atoms with Crippen LogP contribution in [0.1, 0.15) is 24.8 Å². The lowest BCUT2D eigenvalue weighted by Crippen LogP contribution is -2.43. The Kier molecular flexibility index (Phi) is 5.92. The molecule has 0 aromatic heterocycles. The fourth-order valence-corrected chi connectivity index (χ4v) is 4.24. The number of likely N-dealkylation sites (tertiary alicyclic amines) is 1. The Balaban J connectivity index is 1.29. The van der Waals surface area contributed by atoms with E-state index < -0.39 is 5.60 Å². The van der Waals surface area contributed by atoms with Gasteiger partial charge in [-0.25, -0.2) is 9.18 Å². The first-order valence-electron chi connectivity index (χ1n) is 10.3. The van der Waals surface area contributed by atoms with Crippen LogP contribution < -0.4 is 9.64 Å². The van der Waals surface area contributed by atoms with Crippen LogP contribution in [0.15, 0.2) is 48.5 Å². The van der Waals surface area contributed by atoms with Gasteiger partial charge in [0.1, 0.15) is 17.7 Å². The summed E-state index contributed by atoms with van der Waals surface area (Å²) in [6, 6.07) is 13.5. The van der Waals surface area contributed by atoms with Gasteiger partial charge in [0.15, 0.2) is 0 Å².